The zero-order valence-electron chi connectivity index (χ0n) is 15.4. The Balaban J connectivity index is 1.47. The highest BCUT2D eigenvalue weighted by atomic mass is 16.5. The number of hydrogen-bond donors (Lipinski definition) is 0. The van der Waals surface area contributed by atoms with Crippen molar-refractivity contribution in [3.05, 3.63) is 18.6 Å². The Labute approximate surface area is 151 Å². The van der Waals surface area contributed by atoms with Crippen LogP contribution in [0.3, 0.4) is 0 Å². The molecule has 138 valence electrons. The van der Waals surface area contributed by atoms with E-state index in [1.165, 1.54) is 38.4 Å². The summed E-state index contributed by atoms with van der Waals surface area (Å²) in [5.74, 6) is 2.03. The van der Waals surface area contributed by atoms with E-state index in [1.807, 2.05) is 4.90 Å². The molecule has 25 heavy (non-hydrogen) atoms. The van der Waals surface area contributed by atoms with Crippen molar-refractivity contribution in [2.75, 3.05) is 13.1 Å². The SMILES string of the molecule is CCCCC1CCC(C(=O)N2CCCC(Oc3ccncn3)C2)CC1. The number of amides is 1. The van der Waals surface area contributed by atoms with Crippen molar-refractivity contribution in [3.8, 4) is 5.88 Å². The molecule has 1 unspecified atom stereocenters. The van der Waals surface area contributed by atoms with Crippen molar-refractivity contribution in [1.82, 2.24) is 14.9 Å². The zero-order valence-corrected chi connectivity index (χ0v) is 15.4. The molecular weight excluding hydrogens is 314 g/mol. The van der Waals surface area contributed by atoms with E-state index in [0.717, 1.165) is 38.1 Å². The van der Waals surface area contributed by atoms with E-state index in [0.29, 0.717) is 18.3 Å². The summed E-state index contributed by atoms with van der Waals surface area (Å²) < 4.78 is 5.94. The fourth-order valence-corrected chi connectivity index (χ4v) is 4.20. The smallest absolute Gasteiger partial charge is 0.225 e. The fourth-order valence-electron chi connectivity index (χ4n) is 4.20. The Morgan fingerprint density at radius 3 is 2.84 bits per heavy atom. The third kappa shape index (κ3) is 5.16. The lowest BCUT2D eigenvalue weighted by molar-refractivity contribution is -0.139. The minimum Gasteiger partial charge on any atom is -0.472 e. The molecule has 1 aliphatic heterocycles. The van der Waals surface area contributed by atoms with Gasteiger partial charge < -0.3 is 9.64 Å². The topological polar surface area (TPSA) is 55.3 Å². The Bertz CT molecular complexity index is 529. The highest BCUT2D eigenvalue weighted by Gasteiger charge is 2.32. The first-order valence-corrected chi connectivity index (χ1v) is 9.97. The molecule has 2 aliphatic rings. The number of nitrogens with zero attached hydrogens (tertiary/aromatic N) is 3. The van der Waals surface area contributed by atoms with Crippen molar-refractivity contribution in [1.29, 1.82) is 0 Å². The normalized spacial score (nSPS) is 27.1. The van der Waals surface area contributed by atoms with Crippen LogP contribution in [-0.2, 0) is 4.79 Å². The van der Waals surface area contributed by atoms with Gasteiger partial charge in [0.05, 0.1) is 6.54 Å². The van der Waals surface area contributed by atoms with Gasteiger partial charge in [0.15, 0.2) is 0 Å². The van der Waals surface area contributed by atoms with Gasteiger partial charge in [0.1, 0.15) is 12.4 Å². The average molecular weight is 345 g/mol. The summed E-state index contributed by atoms with van der Waals surface area (Å²) >= 11 is 0. The fraction of sp³-hybridized carbons (Fsp3) is 0.750. The standard InChI is InChI=1S/C20H31N3O2/c1-2-3-5-16-7-9-17(10-8-16)20(24)23-13-4-6-18(14-23)25-19-11-12-21-15-22-19/h11-12,15-18H,2-10,13-14H2,1H3. The molecule has 2 fully saturated rings. The molecule has 1 aromatic rings. The summed E-state index contributed by atoms with van der Waals surface area (Å²) in [5.41, 5.74) is 0. The van der Waals surface area contributed by atoms with Crippen LogP contribution in [-0.4, -0.2) is 40.0 Å². The number of ether oxygens (including phenoxy) is 1. The molecule has 1 saturated heterocycles. The summed E-state index contributed by atoms with van der Waals surface area (Å²) in [4.78, 5) is 23.0. The number of aromatic nitrogens is 2. The van der Waals surface area contributed by atoms with Crippen molar-refractivity contribution in [2.45, 2.75) is 70.8 Å². The average Bonchev–Trinajstić information content (AvgIpc) is 2.67. The molecule has 1 aliphatic carbocycles. The van der Waals surface area contributed by atoms with E-state index in [2.05, 4.69) is 16.9 Å². The number of piperidine rings is 1. The van der Waals surface area contributed by atoms with Gasteiger partial charge in [0.25, 0.3) is 0 Å². The van der Waals surface area contributed by atoms with E-state index in [9.17, 15) is 4.79 Å². The largest absolute Gasteiger partial charge is 0.472 e. The van der Waals surface area contributed by atoms with Gasteiger partial charge in [-0.25, -0.2) is 9.97 Å². The number of rotatable bonds is 6. The van der Waals surface area contributed by atoms with E-state index in [-0.39, 0.29) is 12.0 Å². The monoisotopic (exact) mass is 345 g/mol. The second-order valence-corrected chi connectivity index (χ2v) is 7.57. The lowest BCUT2D eigenvalue weighted by Crippen LogP contribution is -2.47. The molecule has 0 aromatic carbocycles. The lowest BCUT2D eigenvalue weighted by atomic mass is 9.79. The Kier molecular flexibility index (Phi) is 6.65. The molecule has 1 amide bonds. The molecule has 3 rings (SSSR count). The van der Waals surface area contributed by atoms with Crippen molar-refractivity contribution in [2.24, 2.45) is 11.8 Å². The Hall–Kier alpha value is -1.65. The van der Waals surface area contributed by atoms with Gasteiger partial charge >= 0.3 is 0 Å². The number of carbonyl (C=O) groups excluding carboxylic acids is 1. The van der Waals surface area contributed by atoms with Gasteiger partial charge in [-0.3, -0.25) is 4.79 Å². The van der Waals surface area contributed by atoms with Gasteiger partial charge in [-0.05, 0) is 44.4 Å². The predicted molar refractivity (Wildman–Crippen MR) is 97.2 cm³/mol. The molecular formula is C20H31N3O2. The zero-order chi connectivity index (χ0) is 17.5. The predicted octanol–water partition coefficient (Wildman–Crippen LogP) is 3.84. The van der Waals surface area contributed by atoms with Gasteiger partial charge in [0, 0.05) is 24.7 Å². The van der Waals surface area contributed by atoms with Crippen LogP contribution >= 0.6 is 0 Å². The highest BCUT2D eigenvalue weighted by Crippen LogP contribution is 2.33. The third-order valence-corrected chi connectivity index (χ3v) is 5.69. The Morgan fingerprint density at radius 1 is 1.28 bits per heavy atom. The summed E-state index contributed by atoms with van der Waals surface area (Å²) in [6.45, 7) is 3.82. The first-order chi connectivity index (χ1) is 12.3. The van der Waals surface area contributed by atoms with Crippen molar-refractivity contribution < 1.29 is 9.53 Å². The van der Waals surface area contributed by atoms with E-state index < -0.39 is 0 Å². The summed E-state index contributed by atoms with van der Waals surface area (Å²) in [5, 5.41) is 0. The van der Waals surface area contributed by atoms with Crippen LogP contribution in [0.15, 0.2) is 18.6 Å². The van der Waals surface area contributed by atoms with Gasteiger partial charge in [-0.1, -0.05) is 26.2 Å². The van der Waals surface area contributed by atoms with Gasteiger partial charge in [0.2, 0.25) is 11.8 Å². The quantitative estimate of drug-likeness (QED) is 0.786. The van der Waals surface area contributed by atoms with Crippen LogP contribution in [0, 0.1) is 11.8 Å². The second kappa shape index (κ2) is 9.16. The summed E-state index contributed by atoms with van der Waals surface area (Å²) in [7, 11) is 0. The maximum absolute atomic E-state index is 12.9. The molecule has 5 heteroatoms. The number of carbonyl (C=O) groups is 1. The summed E-state index contributed by atoms with van der Waals surface area (Å²) in [6, 6.07) is 1.78. The van der Waals surface area contributed by atoms with E-state index in [1.54, 1.807) is 12.3 Å². The maximum Gasteiger partial charge on any atom is 0.225 e. The first kappa shape index (κ1) is 18.2. The highest BCUT2D eigenvalue weighted by molar-refractivity contribution is 5.79. The minimum atomic E-state index is 0.0495. The molecule has 0 radical (unpaired) electrons. The number of hydrogen-bond acceptors (Lipinski definition) is 4. The lowest BCUT2D eigenvalue weighted by Gasteiger charge is -2.36. The van der Waals surface area contributed by atoms with Crippen LogP contribution in [0.2, 0.25) is 0 Å². The second-order valence-electron chi connectivity index (χ2n) is 7.57. The molecule has 0 spiro atoms. The Morgan fingerprint density at radius 2 is 2.12 bits per heavy atom. The molecule has 0 bridgehead atoms. The molecule has 0 N–H and O–H groups in total. The van der Waals surface area contributed by atoms with E-state index >= 15 is 0 Å². The maximum atomic E-state index is 12.9. The van der Waals surface area contributed by atoms with Crippen LogP contribution in [0.4, 0.5) is 0 Å². The van der Waals surface area contributed by atoms with Crippen LogP contribution in [0.5, 0.6) is 5.88 Å². The van der Waals surface area contributed by atoms with Gasteiger partial charge in [-0.15, -0.1) is 0 Å². The van der Waals surface area contributed by atoms with Crippen LogP contribution < -0.4 is 4.74 Å². The van der Waals surface area contributed by atoms with Crippen molar-refractivity contribution in [3.63, 3.8) is 0 Å². The molecule has 2 heterocycles. The van der Waals surface area contributed by atoms with Gasteiger partial charge in [-0.2, -0.15) is 0 Å². The van der Waals surface area contributed by atoms with E-state index in [4.69, 9.17) is 4.74 Å². The first-order valence-electron chi connectivity index (χ1n) is 9.97. The molecule has 5 nitrogen and oxygen atoms in total. The molecule has 1 atom stereocenters. The number of likely N-dealkylation sites (tertiary alicyclic amines) is 1. The molecule has 1 saturated carbocycles. The summed E-state index contributed by atoms with van der Waals surface area (Å²) in [6.07, 6.45) is 13.8. The third-order valence-electron chi connectivity index (χ3n) is 5.69. The molecule has 1 aromatic heterocycles. The van der Waals surface area contributed by atoms with Crippen molar-refractivity contribution >= 4 is 5.91 Å². The van der Waals surface area contributed by atoms with Crippen LogP contribution in [0.1, 0.15) is 64.7 Å². The number of unbranched alkanes of at least 4 members (excludes halogenated alkanes) is 1. The minimum absolute atomic E-state index is 0.0495. The van der Waals surface area contributed by atoms with Crippen LogP contribution in [0.25, 0.3) is 0 Å².